The van der Waals surface area contributed by atoms with Crippen LogP contribution in [0.25, 0.3) is 0 Å². The Labute approximate surface area is 100 Å². The minimum absolute atomic E-state index is 1.34. The highest BCUT2D eigenvalue weighted by atomic mass is 127. The highest BCUT2D eigenvalue weighted by Gasteiger charge is 1.91. The molecule has 0 aromatic heterocycles. The SMILES string of the molecule is CCCCCCCCCCCSI. The third-order valence-corrected chi connectivity index (χ3v) is 4.09. The largest absolute Gasteiger partial charge is 0.0894 e. The molecule has 0 bridgehead atoms. The van der Waals surface area contributed by atoms with Crippen molar-refractivity contribution in [3.63, 3.8) is 0 Å². The minimum atomic E-state index is 1.34. The molecule has 0 aliphatic carbocycles. The summed E-state index contributed by atoms with van der Waals surface area (Å²) >= 11 is 2.39. The van der Waals surface area contributed by atoms with E-state index in [2.05, 4.69) is 28.1 Å². The molecule has 0 spiro atoms. The van der Waals surface area contributed by atoms with Gasteiger partial charge in [-0.25, -0.2) is 0 Å². The van der Waals surface area contributed by atoms with Crippen LogP contribution in [0.2, 0.25) is 0 Å². The molecular formula is C11H23IS. The van der Waals surface area contributed by atoms with E-state index in [1.165, 1.54) is 63.5 Å². The second-order valence-electron chi connectivity index (χ2n) is 3.64. The first-order chi connectivity index (χ1) is 6.41. The average Bonchev–Trinajstić information content (AvgIpc) is 2.16. The zero-order valence-corrected chi connectivity index (χ0v) is 11.8. The van der Waals surface area contributed by atoms with Crippen molar-refractivity contribution in [2.24, 2.45) is 0 Å². The molecule has 0 radical (unpaired) electrons. The lowest BCUT2D eigenvalue weighted by atomic mass is 10.1. The second kappa shape index (κ2) is 13.1. The lowest BCUT2D eigenvalue weighted by molar-refractivity contribution is 0.573. The van der Waals surface area contributed by atoms with Crippen molar-refractivity contribution >= 4 is 30.1 Å². The molecule has 0 rings (SSSR count). The van der Waals surface area contributed by atoms with Gasteiger partial charge in [0.05, 0.1) is 0 Å². The maximum absolute atomic E-state index is 2.39. The van der Waals surface area contributed by atoms with Crippen molar-refractivity contribution in [3.05, 3.63) is 0 Å². The predicted octanol–water partition coefficient (Wildman–Crippen LogP) is 5.60. The van der Waals surface area contributed by atoms with Crippen LogP contribution in [0.5, 0.6) is 0 Å². The van der Waals surface area contributed by atoms with Gasteiger partial charge in [0.2, 0.25) is 0 Å². The summed E-state index contributed by atoms with van der Waals surface area (Å²) in [4.78, 5) is 0. The summed E-state index contributed by atoms with van der Waals surface area (Å²) in [5.41, 5.74) is 0. The van der Waals surface area contributed by atoms with Gasteiger partial charge in [0.15, 0.2) is 0 Å². The number of rotatable bonds is 10. The average molecular weight is 314 g/mol. The van der Waals surface area contributed by atoms with Gasteiger partial charge in [0, 0.05) is 5.75 Å². The van der Waals surface area contributed by atoms with Gasteiger partial charge in [-0.05, 0) is 27.6 Å². The molecule has 0 saturated heterocycles. The molecule has 0 saturated carbocycles. The smallest absolute Gasteiger partial charge is 0.00334 e. The van der Waals surface area contributed by atoms with E-state index in [1.54, 1.807) is 0 Å². The molecule has 0 fully saturated rings. The van der Waals surface area contributed by atoms with E-state index in [9.17, 15) is 0 Å². The third-order valence-electron chi connectivity index (χ3n) is 2.33. The van der Waals surface area contributed by atoms with Crippen LogP contribution in [0.3, 0.4) is 0 Å². The molecule has 0 heterocycles. The fraction of sp³-hybridized carbons (Fsp3) is 1.00. The highest BCUT2D eigenvalue weighted by Crippen LogP contribution is 2.15. The Morgan fingerprint density at radius 1 is 0.769 bits per heavy atom. The van der Waals surface area contributed by atoms with Crippen LogP contribution in [0, 0.1) is 0 Å². The summed E-state index contributed by atoms with van der Waals surface area (Å²) in [5.74, 6) is 1.34. The van der Waals surface area contributed by atoms with Crippen molar-refractivity contribution in [2.45, 2.75) is 64.7 Å². The van der Waals surface area contributed by atoms with E-state index in [-0.39, 0.29) is 0 Å². The zero-order valence-electron chi connectivity index (χ0n) is 8.86. The minimum Gasteiger partial charge on any atom is -0.0894 e. The fourth-order valence-electron chi connectivity index (χ4n) is 1.47. The fourth-order valence-corrected chi connectivity index (χ4v) is 2.71. The molecule has 0 aliphatic rings. The molecule has 0 N–H and O–H groups in total. The van der Waals surface area contributed by atoms with Gasteiger partial charge >= 0.3 is 0 Å². The van der Waals surface area contributed by atoms with Crippen molar-refractivity contribution in [3.8, 4) is 0 Å². The van der Waals surface area contributed by atoms with Crippen molar-refractivity contribution in [1.29, 1.82) is 0 Å². The molecule has 0 aromatic carbocycles. The number of unbranched alkanes of at least 4 members (excludes halogenated alkanes) is 8. The molecule has 0 atom stereocenters. The first kappa shape index (κ1) is 14.1. The molecule has 0 nitrogen and oxygen atoms in total. The summed E-state index contributed by atoms with van der Waals surface area (Å²) in [5, 5.41) is 0. The van der Waals surface area contributed by atoms with Gasteiger partial charge < -0.3 is 0 Å². The molecular weight excluding hydrogens is 291 g/mol. The third kappa shape index (κ3) is 13.1. The van der Waals surface area contributed by atoms with Crippen LogP contribution in [-0.2, 0) is 0 Å². The standard InChI is InChI=1S/C11H23IS/c1-2-3-4-5-6-7-8-9-10-11-13-12/h2-11H2,1H3. The Balaban J connectivity index is 2.76. The van der Waals surface area contributed by atoms with Gasteiger partial charge in [-0.3, -0.25) is 0 Å². The number of hydrogen-bond acceptors (Lipinski definition) is 1. The molecule has 0 amide bonds. The van der Waals surface area contributed by atoms with E-state index >= 15 is 0 Å². The molecule has 80 valence electrons. The molecule has 2 heteroatoms. The number of hydrogen-bond donors (Lipinski definition) is 0. The Morgan fingerprint density at radius 2 is 1.23 bits per heavy atom. The van der Waals surface area contributed by atoms with E-state index < -0.39 is 0 Å². The quantitative estimate of drug-likeness (QED) is 0.373. The zero-order chi connectivity index (χ0) is 9.78. The van der Waals surface area contributed by atoms with Gasteiger partial charge in [-0.2, -0.15) is 0 Å². The van der Waals surface area contributed by atoms with Crippen LogP contribution < -0.4 is 0 Å². The monoisotopic (exact) mass is 314 g/mol. The summed E-state index contributed by atoms with van der Waals surface area (Å²) in [6, 6.07) is 0. The van der Waals surface area contributed by atoms with E-state index in [0.717, 1.165) is 0 Å². The highest BCUT2D eigenvalue weighted by molar-refractivity contribution is 14.2. The Morgan fingerprint density at radius 3 is 1.69 bits per heavy atom. The summed E-state index contributed by atoms with van der Waals surface area (Å²) < 4.78 is 0. The van der Waals surface area contributed by atoms with Crippen LogP contribution in [-0.4, -0.2) is 5.75 Å². The Kier molecular flexibility index (Phi) is 14.2. The molecule has 13 heavy (non-hydrogen) atoms. The lowest BCUT2D eigenvalue weighted by Crippen LogP contribution is -1.81. The Bertz CT molecular complexity index is 76.2. The van der Waals surface area contributed by atoms with Crippen LogP contribution in [0.1, 0.15) is 64.7 Å². The summed E-state index contributed by atoms with van der Waals surface area (Å²) in [7, 11) is 1.95. The van der Waals surface area contributed by atoms with Gasteiger partial charge in [0.1, 0.15) is 0 Å². The summed E-state index contributed by atoms with van der Waals surface area (Å²) in [6.45, 7) is 2.28. The first-order valence-electron chi connectivity index (χ1n) is 5.65. The van der Waals surface area contributed by atoms with Gasteiger partial charge in [-0.15, -0.1) is 0 Å². The predicted molar refractivity (Wildman–Crippen MR) is 73.7 cm³/mol. The van der Waals surface area contributed by atoms with E-state index in [1.807, 2.05) is 8.93 Å². The second-order valence-corrected chi connectivity index (χ2v) is 6.14. The van der Waals surface area contributed by atoms with Gasteiger partial charge in [-0.1, -0.05) is 67.2 Å². The molecule has 0 aliphatic heterocycles. The topological polar surface area (TPSA) is 0 Å². The lowest BCUT2D eigenvalue weighted by Gasteiger charge is -2.00. The number of halogens is 1. The van der Waals surface area contributed by atoms with Crippen LogP contribution >= 0.6 is 30.1 Å². The van der Waals surface area contributed by atoms with Crippen LogP contribution in [0.15, 0.2) is 0 Å². The molecule has 0 unspecified atom stereocenters. The van der Waals surface area contributed by atoms with Crippen molar-refractivity contribution < 1.29 is 0 Å². The van der Waals surface area contributed by atoms with Crippen molar-refractivity contribution in [2.75, 3.05) is 5.75 Å². The molecule has 0 aromatic rings. The Hall–Kier alpha value is 1.08. The normalized spacial score (nSPS) is 10.6. The maximum atomic E-state index is 2.39. The maximum Gasteiger partial charge on any atom is 0.00334 e. The van der Waals surface area contributed by atoms with Crippen LogP contribution in [0.4, 0.5) is 0 Å². The van der Waals surface area contributed by atoms with Crippen molar-refractivity contribution in [1.82, 2.24) is 0 Å². The van der Waals surface area contributed by atoms with E-state index in [0.29, 0.717) is 0 Å². The van der Waals surface area contributed by atoms with Gasteiger partial charge in [0.25, 0.3) is 0 Å². The first-order valence-corrected chi connectivity index (χ1v) is 9.18. The summed E-state index contributed by atoms with van der Waals surface area (Å²) in [6.07, 6.45) is 13.0. The van der Waals surface area contributed by atoms with E-state index in [4.69, 9.17) is 0 Å².